The fraction of sp³-hybridized carbons (Fsp3) is 0.474. The van der Waals surface area contributed by atoms with Crippen LogP contribution in [0.25, 0.3) is 0 Å². The maximum Gasteiger partial charge on any atom is 0.266 e. The molecule has 4 rings (SSSR count). The van der Waals surface area contributed by atoms with Gasteiger partial charge in [0.25, 0.3) is 5.56 Å². The van der Waals surface area contributed by atoms with Crippen LogP contribution in [-0.4, -0.2) is 74.6 Å². The third-order valence-electron chi connectivity index (χ3n) is 5.10. The van der Waals surface area contributed by atoms with Crippen LogP contribution in [-0.2, 0) is 0 Å². The number of hydrogen-bond acceptors (Lipinski definition) is 7. The topological polar surface area (TPSA) is 73.9 Å². The highest BCUT2D eigenvalue weighted by Gasteiger charge is 2.23. The Morgan fingerprint density at radius 1 is 1.18 bits per heavy atom. The van der Waals surface area contributed by atoms with E-state index in [0.717, 1.165) is 62.1 Å². The van der Waals surface area contributed by atoms with Crippen molar-refractivity contribution in [1.29, 1.82) is 0 Å². The average Bonchev–Trinajstić information content (AvgIpc) is 2.72. The molecule has 1 aromatic heterocycles. The van der Waals surface area contributed by atoms with Crippen LogP contribution in [0.4, 0.5) is 11.4 Å². The number of para-hydroxylation sites is 1. The molecular weight excluding hydrogens is 382 g/mol. The first-order valence-electron chi connectivity index (χ1n) is 9.32. The van der Waals surface area contributed by atoms with Crippen molar-refractivity contribution >= 4 is 23.8 Å². The monoisotopic (exact) mass is 407 g/mol. The van der Waals surface area contributed by atoms with Crippen LogP contribution in [0.1, 0.15) is 0 Å². The lowest BCUT2D eigenvalue weighted by Crippen LogP contribution is -2.48. The summed E-state index contributed by atoms with van der Waals surface area (Å²) < 4.78 is 11.5. The molecule has 8 nitrogen and oxygen atoms in total. The first-order valence-corrected chi connectivity index (χ1v) is 9.32. The van der Waals surface area contributed by atoms with E-state index in [1.54, 1.807) is 12.3 Å². The molecule has 0 saturated carbocycles. The van der Waals surface area contributed by atoms with Crippen molar-refractivity contribution in [2.24, 2.45) is 0 Å². The second-order valence-corrected chi connectivity index (χ2v) is 6.86. The highest BCUT2D eigenvalue weighted by Crippen LogP contribution is 2.39. The second kappa shape index (κ2) is 9.16. The van der Waals surface area contributed by atoms with Crippen molar-refractivity contribution in [3.05, 3.63) is 40.8 Å². The number of nitrogens with zero attached hydrogens (tertiary/aromatic N) is 4. The zero-order chi connectivity index (χ0) is 18.6. The Kier molecular flexibility index (Phi) is 6.64. The molecule has 0 unspecified atom stereocenters. The van der Waals surface area contributed by atoms with Crippen molar-refractivity contribution in [1.82, 2.24) is 15.1 Å². The van der Waals surface area contributed by atoms with Crippen molar-refractivity contribution < 1.29 is 9.47 Å². The van der Waals surface area contributed by atoms with E-state index in [1.165, 1.54) is 0 Å². The maximum atomic E-state index is 11.4. The van der Waals surface area contributed by atoms with Gasteiger partial charge >= 0.3 is 0 Å². The van der Waals surface area contributed by atoms with Gasteiger partial charge in [-0.2, -0.15) is 5.10 Å². The van der Waals surface area contributed by atoms with Gasteiger partial charge in [0.2, 0.25) is 0 Å². The number of hydrogen-bond donors (Lipinski definition) is 1. The second-order valence-electron chi connectivity index (χ2n) is 6.86. The van der Waals surface area contributed by atoms with Crippen LogP contribution in [0.15, 0.2) is 35.3 Å². The smallest absolute Gasteiger partial charge is 0.266 e. The Balaban J connectivity index is 0.00000225. The van der Waals surface area contributed by atoms with Crippen LogP contribution in [0.2, 0.25) is 0 Å². The number of fused-ring (bicyclic) bond motifs is 1. The minimum atomic E-state index is -0.176. The van der Waals surface area contributed by atoms with Gasteiger partial charge in [-0.1, -0.05) is 6.07 Å². The van der Waals surface area contributed by atoms with Crippen LogP contribution >= 0.6 is 12.4 Å². The zero-order valence-corrected chi connectivity index (χ0v) is 16.8. The molecule has 1 N–H and O–H groups in total. The summed E-state index contributed by atoms with van der Waals surface area (Å²) in [5, 5.41) is 6.26. The molecular formula is C19H26ClN5O3. The normalized spacial score (nSPS) is 16.4. The molecule has 0 spiro atoms. The Morgan fingerprint density at radius 3 is 2.75 bits per heavy atom. The molecule has 1 fully saturated rings. The van der Waals surface area contributed by atoms with E-state index in [2.05, 4.69) is 31.0 Å². The number of ether oxygens (including phenoxy) is 2. The maximum absolute atomic E-state index is 11.4. The summed E-state index contributed by atoms with van der Waals surface area (Å²) in [4.78, 5) is 18.3. The number of likely N-dealkylation sites (N-methyl/N-ethyl adjacent to an activating group) is 1. The molecule has 0 amide bonds. The standard InChI is InChI=1S/C19H25N5O3.ClH/c1-22(15-13-18(25)21-20-14-15)5-6-23-7-9-24(10-8-23)16-3-2-4-17-19(16)27-12-11-26-17;/h2-4,13-14H,5-12H2,1H3,(H,21,25);1H. The van der Waals surface area contributed by atoms with Gasteiger partial charge in [-0.3, -0.25) is 9.69 Å². The molecule has 1 saturated heterocycles. The first-order chi connectivity index (χ1) is 13.2. The zero-order valence-electron chi connectivity index (χ0n) is 16.0. The van der Waals surface area contributed by atoms with Gasteiger partial charge in [0.05, 0.1) is 17.6 Å². The summed E-state index contributed by atoms with van der Waals surface area (Å²) in [6.45, 7) is 6.91. The molecule has 0 bridgehead atoms. The van der Waals surface area contributed by atoms with E-state index in [-0.39, 0.29) is 18.0 Å². The lowest BCUT2D eigenvalue weighted by molar-refractivity contribution is 0.171. The molecule has 0 radical (unpaired) electrons. The van der Waals surface area contributed by atoms with Gasteiger partial charge < -0.3 is 19.3 Å². The molecule has 9 heteroatoms. The molecule has 152 valence electrons. The van der Waals surface area contributed by atoms with E-state index < -0.39 is 0 Å². The number of aromatic nitrogens is 2. The minimum absolute atomic E-state index is 0. The highest BCUT2D eigenvalue weighted by atomic mass is 35.5. The quantitative estimate of drug-likeness (QED) is 0.798. The summed E-state index contributed by atoms with van der Waals surface area (Å²) in [6.07, 6.45) is 1.68. The number of halogens is 1. The van der Waals surface area contributed by atoms with Crippen molar-refractivity contribution in [3.63, 3.8) is 0 Å². The number of aromatic amines is 1. The number of piperazine rings is 1. The largest absolute Gasteiger partial charge is 0.486 e. The van der Waals surface area contributed by atoms with E-state index >= 15 is 0 Å². The Hall–Kier alpha value is -2.45. The third kappa shape index (κ3) is 4.51. The Bertz CT molecular complexity index is 838. The van der Waals surface area contributed by atoms with Gasteiger partial charge in [0.15, 0.2) is 11.5 Å². The lowest BCUT2D eigenvalue weighted by Gasteiger charge is -2.38. The molecule has 2 aromatic rings. The average molecular weight is 408 g/mol. The summed E-state index contributed by atoms with van der Waals surface area (Å²) in [6, 6.07) is 7.68. The van der Waals surface area contributed by atoms with E-state index in [0.29, 0.717) is 13.2 Å². The van der Waals surface area contributed by atoms with E-state index in [1.807, 2.05) is 19.2 Å². The van der Waals surface area contributed by atoms with Gasteiger partial charge in [-0.05, 0) is 12.1 Å². The molecule has 0 aliphatic carbocycles. The number of benzene rings is 1. The first kappa shape index (κ1) is 20.3. The number of nitrogens with one attached hydrogen (secondary N) is 1. The number of anilines is 2. The molecule has 3 heterocycles. The van der Waals surface area contributed by atoms with Crippen molar-refractivity contribution in [2.75, 3.05) is 69.3 Å². The van der Waals surface area contributed by atoms with Crippen molar-refractivity contribution in [3.8, 4) is 11.5 Å². The van der Waals surface area contributed by atoms with Crippen LogP contribution in [0.5, 0.6) is 11.5 Å². The number of H-pyrrole nitrogens is 1. The summed E-state index contributed by atoms with van der Waals surface area (Å²) in [7, 11) is 1.99. The highest BCUT2D eigenvalue weighted by molar-refractivity contribution is 5.85. The fourth-order valence-electron chi connectivity index (χ4n) is 3.51. The molecule has 1 aromatic carbocycles. The molecule has 28 heavy (non-hydrogen) atoms. The van der Waals surface area contributed by atoms with E-state index in [4.69, 9.17) is 9.47 Å². The van der Waals surface area contributed by atoms with Crippen LogP contribution in [0, 0.1) is 0 Å². The molecule has 0 atom stereocenters. The predicted octanol–water partition coefficient (Wildman–Crippen LogP) is 1.22. The van der Waals surface area contributed by atoms with Gasteiger partial charge in [0, 0.05) is 52.4 Å². The summed E-state index contributed by atoms with van der Waals surface area (Å²) in [5.74, 6) is 1.72. The number of rotatable bonds is 5. The lowest BCUT2D eigenvalue weighted by atomic mass is 10.2. The Labute approximate surface area is 170 Å². The van der Waals surface area contributed by atoms with Crippen LogP contribution in [0.3, 0.4) is 0 Å². The summed E-state index contributed by atoms with van der Waals surface area (Å²) in [5.41, 5.74) is 1.79. The van der Waals surface area contributed by atoms with Crippen LogP contribution < -0.4 is 24.8 Å². The molecule has 2 aliphatic rings. The third-order valence-corrected chi connectivity index (χ3v) is 5.10. The van der Waals surface area contributed by atoms with Gasteiger partial charge in [-0.15, -0.1) is 12.4 Å². The minimum Gasteiger partial charge on any atom is -0.486 e. The molecule has 2 aliphatic heterocycles. The van der Waals surface area contributed by atoms with Gasteiger partial charge in [-0.25, -0.2) is 5.10 Å². The SMILES string of the molecule is CN(CCN1CCN(c2cccc3c2OCCO3)CC1)c1cn[nH]c(=O)c1.Cl. The van der Waals surface area contributed by atoms with Gasteiger partial charge in [0.1, 0.15) is 13.2 Å². The fourth-order valence-corrected chi connectivity index (χ4v) is 3.51. The summed E-state index contributed by atoms with van der Waals surface area (Å²) >= 11 is 0. The van der Waals surface area contributed by atoms with Crippen molar-refractivity contribution in [2.45, 2.75) is 0 Å². The predicted molar refractivity (Wildman–Crippen MR) is 111 cm³/mol. The van der Waals surface area contributed by atoms with E-state index in [9.17, 15) is 4.79 Å². The Morgan fingerprint density at radius 2 is 1.96 bits per heavy atom.